The summed E-state index contributed by atoms with van der Waals surface area (Å²) in [6, 6.07) is 1.64. The highest BCUT2D eigenvalue weighted by Gasteiger charge is 2.30. The van der Waals surface area contributed by atoms with Crippen molar-refractivity contribution in [2.24, 2.45) is 11.8 Å². The third-order valence-corrected chi connectivity index (χ3v) is 4.13. The van der Waals surface area contributed by atoms with E-state index in [2.05, 4.69) is 22.1 Å². The van der Waals surface area contributed by atoms with Crippen LogP contribution >= 0.6 is 0 Å². The molecule has 2 saturated carbocycles. The number of rotatable bonds is 8. The highest BCUT2D eigenvalue weighted by Crippen LogP contribution is 2.36. The fourth-order valence-electron chi connectivity index (χ4n) is 2.62. The molecule has 0 saturated heterocycles. The molecule has 3 rings (SSSR count). The van der Waals surface area contributed by atoms with Gasteiger partial charge in [0, 0.05) is 25.2 Å². The topological polar surface area (TPSA) is 28.2 Å². The Morgan fingerprint density at radius 1 is 1.25 bits per heavy atom. The Hall–Kier alpha value is -1.16. The Labute approximate surface area is 120 Å². The van der Waals surface area contributed by atoms with Gasteiger partial charge >= 0.3 is 0 Å². The molecule has 4 heteroatoms. The van der Waals surface area contributed by atoms with Crippen LogP contribution < -0.4 is 10.2 Å². The Morgan fingerprint density at radius 3 is 2.45 bits per heavy atom. The normalized spacial score (nSPS) is 18.3. The number of nitrogens with zero attached hydrogens (tertiary/aromatic N) is 2. The number of pyridine rings is 1. The summed E-state index contributed by atoms with van der Waals surface area (Å²) in [5, 5.41) is 3.29. The highest BCUT2D eigenvalue weighted by atomic mass is 19.1. The molecule has 0 unspecified atom stereocenters. The van der Waals surface area contributed by atoms with E-state index in [0.29, 0.717) is 6.54 Å². The summed E-state index contributed by atoms with van der Waals surface area (Å²) in [6.45, 7) is 5.84. The van der Waals surface area contributed by atoms with Crippen molar-refractivity contribution in [3.63, 3.8) is 0 Å². The Morgan fingerprint density at radius 2 is 1.90 bits per heavy atom. The first-order valence-electron chi connectivity index (χ1n) is 7.86. The smallest absolute Gasteiger partial charge is 0.141 e. The fourth-order valence-corrected chi connectivity index (χ4v) is 2.62. The van der Waals surface area contributed by atoms with E-state index in [1.54, 1.807) is 6.07 Å². The lowest BCUT2D eigenvalue weighted by Crippen LogP contribution is -2.30. The predicted octanol–water partition coefficient (Wildman–Crippen LogP) is 2.96. The van der Waals surface area contributed by atoms with Crippen molar-refractivity contribution in [1.29, 1.82) is 0 Å². The SMILES string of the molecule is CCNCc1cc(F)cnc1N(CC1CC1)CC1CC1. The van der Waals surface area contributed by atoms with E-state index >= 15 is 0 Å². The molecule has 3 nitrogen and oxygen atoms in total. The summed E-state index contributed by atoms with van der Waals surface area (Å²) < 4.78 is 13.5. The molecular weight excluding hydrogens is 253 g/mol. The van der Waals surface area contributed by atoms with Crippen molar-refractivity contribution >= 4 is 5.82 Å². The maximum atomic E-state index is 13.5. The van der Waals surface area contributed by atoms with Gasteiger partial charge in [-0.25, -0.2) is 9.37 Å². The standard InChI is InChI=1S/C16H24FN3/c1-2-18-8-14-7-15(17)9-19-16(14)20(10-12-3-4-12)11-13-5-6-13/h7,9,12-13,18H,2-6,8,10-11H2,1H3. The third-order valence-electron chi connectivity index (χ3n) is 4.13. The van der Waals surface area contributed by atoms with Crippen LogP contribution in [0.2, 0.25) is 0 Å². The second-order valence-corrected chi connectivity index (χ2v) is 6.21. The lowest BCUT2D eigenvalue weighted by molar-refractivity contribution is 0.607. The fraction of sp³-hybridized carbons (Fsp3) is 0.688. The molecule has 0 aromatic carbocycles. The number of aromatic nitrogens is 1. The Kier molecular flexibility index (Phi) is 4.20. The molecule has 2 aliphatic rings. The molecule has 0 radical (unpaired) electrons. The molecule has 2 fully saturated rings. The molecule has 2 aliphatic carbocycles. The van der Waals surface area contributed by atoms with Gasteiger partial charge in [0.1, 0.15) is 11.6 Å². The van der Waals surface area contributed by atoms with Gasteiger partial charge in [0.05, 0.1) is 6.20 Å². The van der Waals surface area contributed by atoms with Gasteiger partial charge in [-0.15, -0.1) is 0 Å². The minimum atomic E-state index is -0.237. The zero-order valence-corrected chi connectivity index (χ0v) is 12.2. The summed E-state index contributed by atoms with van der Waals surface area (Å²) in [6.07, 6.45) is 6.71. The molecule has 0 amide bonds. The van der Waals surface area contributed by atoms with Crippen LogP contribution in [0.4, 0.5) is 10.2 Å². The van der Waals surface area contributed by atoms with E-state index in [4.69, 9.17) is 0 Å². The van der Waals surface area contributed by atoms with Crippen molar-refractivity contribution < 1.29 is 4.39 Å². The van der Waals surface area contributed by atoms with Crippen molar-refractivity contribution in [1.82, 2.24) is 10.3 Å². The Balaban J connectivity index is 1.78. The average molecular weight is 277 g/mol. The molecule has 1 heterocycles. The van der Waals surface area contributed by atoms with Gasteiger partial charge in [-0.2, -0.15) is 0 Å². The number of hydrogen-bond acceptors (Lipinski definition) is 3. The van der Waals surface area contributed by atoms with Crippen LogP contribution in [0.15, 0.2) is 12.3 Å². The average Bonchev–Trinajstić information content (AvgIpc) is 3.31. The second kappa shape index (κ2) is 6.08. The molecule has 110 valence electrons. The van der Waals surface area contributed by atoms with Gasteiger partial charge in [-0.1, -0.05) is 6.92 Å². The van der Waals surface area contributed by atoms with Crippen LogP contribution in [-0.2, 0) is 6.54 Å². The first-order chi connectivity index (χ1) is 9.76. The first-order valence-corrected chi connectivity index (χ1v) is 7.86. The van der Waals surface area contributed by atoms with E-state index in [0.717, 1.165) is 42.9 Å². The van der Waals surface area contributed by atoms with Crippen molar-refractivity contribution in [3.05, 3.63) is 23.6 Å². The number of halogens is 1. The molecule has 1 N–H and O–H groups in total. The van der Waals surface area contributed by atoms with Gasteiger partial charge in [0.2, 0.25) is 0 Å². The van der Waals surface area contributed by atoms with E-state index < -0.39 is 0 Å². The van der Waals surface area contributed by atoms with Gasteiger partial charge in [0.15, 0.2) is 0 Å². The van der Waals surface area contributed by atoms with Gasteiger partial charge < -0.3 is 10.2 Å². The summed E-state index contributed by atoms with van der Waals surface area (Å²) in [4.78, 5) is 6.81. The molecule has 0 bridgehead atoms. The van der Waals surface area contributed by atoms with Crippen LogP contribution in [0.5, 0.6) is 0 Å². The van der Waals surface area contributed by atoms with Crippen LogP contribution in [0.1, 0.15) is 38.2 Å². The van der Waals surface area contributed by atoms with Gasteiger partial charge in [-0.3, -0.25) is 0 Å². The number of hydrogen-bond donors (Lipinski definition) is 1. The molecular formula is C16H24FN3. The monoisotopic (exact) mass is 277 g/mol. The zero-order chi connectivity index (χ0) is 13.9. The molecule has 0 spiro atoms. The highest BCUT2D eigenvalue weighted by molar-refractivity contribution is 5.47. The maximum Gasteiger partial charge on any atom is 0.141 e. The van der Waals surface area contributed by atoms with Gasteiger partial charge in [0.25, 0.3) is 0 Å². The number of nitrogens with one attached hydrogen (secondary N) is 1. The minimum Gasteiger partial charge on any atom is -0.356 e. The van der Waals surface area contributed by atoms with Crippen molar-refractivity contribution in [2.45, 2.75) is 39.2 Å². The lowest BCUT2D eigenvalue weighted by atomic mass is 10.2. The van der Waals surface area contributed by atoms with Crippen LogP contribution in [0.25, 0.3) is 0 Å². The quantitative estimate of drug-likeness (QED) is 0.792. The third kappa shape index (κ3) is 3.69. The summed E-state index contributed by atoms with van der Waals surface area (Å²) in [5.74, 6) is 2.41. The molecule has 0 atom stereocenters. The second-order valence-electron chi connectivity index (χ2n) is 6.21. The van der Waals surface area contributed by atoms with E-state index in [1.807, 2.05) is 0 Å². The Bertz CT molecular complexity index is 441. The van der Waals surface area contributed by atoms with Crippen molar-refractivity contribution in [3.8, 4) is 0 Å². The van der Waals surface area contributed by atoms with Crippen LogP contribution in [0, 0.1) is 17.7 Å². The molecule has 1 aromatic heterocycles. The van der Waals surface area contributed by atoms with Crippen LogP contribution in [-0.4, -0.2) is 24.6 Å². The van der Waals surface area contributed by atoms with E-state index in [-0.39, 0.29) is 5.82 Å². The maximum absolute atomic E-state index is 13.5. The molecule has 0 aliphatic heterocycles. The van der Waals surface area contributed by atoms with Crippen LogP contribution in [0.3, 0.4) is 0 Å². The number of anilines is 1. The largest absolute Gasteiger partial charge is 0.356 e. The first kappa shape index (κ1) is 13.8. The summed E-state index contributed by atoms with van der Waals surface area (Å²) in [5.41, 5.74) is 0.994. The van der Waals surface area contributed by atoms with Gasteiger partial charge in [-0.05, 0) is 50.1 Å². The van der Waals surface area contributed by atoms with E-state index in [9.17, 15) is 4.39 Å². The lowest BCUT2D eigenvalue weighted by Gasteiger charge is -2.26. The molecule has 20 heavy (non-hydrogen) atoms. The van der Waals surface area contributed by atoms with E-state index in [1.165, 1.54) is 31.9 Å². The summed E-state index contributed by atoms with van der Waals surface area (Å²) in [7, 11) is 0. The minimum absolute atomic E-state index is 0.237. The molecule has 1 aromatic rings. The summed E-state index contributed by atoms with van der Waals surface area (Å²) >= 11 is 0. The zero-order valence-electron chi connectivity index (χ0n) is 12.2. The van der Waals surface area contributed by atoms with Crippen molar-refractivity contribution in [2.75, 3.05) is 24.5 Å². The predicted molar refractivity (Wildman–Crippen MR) is 79.2 cm³/mol.